The van der Waals surface area contributed by atoms with Gasteiger partial charge >= 0.3 is 0 Å². The summed E-state index contributed by atoms with van der Waals surface area (Å²) in [6, 6.07) is 7.51. The van der Waals surface area contributed by atoms with Crippen molar-refractivity contribution in [3.63, 3.8) is 0 Å². The van der Waals surface area contributed by atoms with E-state index in [1.165, 1.54) is 0 Å². The second-order valence-corrected chi connectivity index (χ2v) is 5.20. The zero-order valence-electron chi connectivity index (χ0n) is 9.76. The van der Waals surface area contributed by atoms with Gasteiger partial charge in [0.2, 0.25) is 0 Å². The highest BCUT2D eigenvalue weighted by Crippen LogP contribution is 2.19. The number of carbonyl (C=O) groups excluding carboxylic acids is 1. The first kappa shape index (κ1) is 14.2. The molecule has 0 spiro atoms. The topological polar surface area (TPSA) is 46.3 Å². The Morgan fingerprint density at radius 1 is 1.53 bits per heavy atom. The van der Waals surface area contributed by atoms with Crippen LogP contribution in [0.1, 0.15) is 17.3 Å². The van der Waals surface area contributed by atoms with Gasteiger partial charge in [0.15, 0.2) is 0 Å². The lowest BCUT2D eigenvalue weighted by molar-refractivity contribution is 0.0716. The van der Waals surface area contributed by atoms with Crippen LogP contribution in [0.3, 0.4) is 0 Å². The standard InChI is InChI=1S/C12H16N2OS.ClH/c1-9-8-16-6-5-14(9)12(15)10-3-2-4-11(13)7-10;/h2-4,7,9H,5-6,8,13H2,1H3;1H. The summed E-state index contributed by atoms with van der Waals surface area (Å²) in [4.78, 5) is 14.2. The molecule has 5 heteroatoms. The molecule has 1 unspecified atom stereocenters. The van der Waals surface area contributed by atoms with E-state index in [2.05, 4.69) is 6.92 Å². The van der Waals surface area contributed by atoms with Gasteiger partial charge in [-0.05, 0) is 25.1 Å². The molecular weight excluding hydrogens is 256 g/mol. The highest BCUT2D eigenvalue weighted by molar-refractivity contribution is 7.99. The molecular formula is C12H17ClN2OS. The van der Waals surface area contributed by atoms with E-state index in [0.717, 1.165) is 18.1 Å². The maximum atomic E-state index is 12.2. The summed E-state index contributed by atoms with van der Waals surface area (Å²) >= 11 is 1.90. The Bertz CT molecular complexity index is 400. The van der Waals surface area contributed by atoms with E-state index in [1.807, 2.05) is 28.8 Å². The molecule has 1 aliphatic heterocycles. The van der Waals surface area contributed by atoms with Crippen molar-refractivity contribution < 1.29 is 4.79 Å². The molecule has 1 heterocycles. The van der Waals surface area contributed by atoms with Crippen LogP contribution in [0, 0.1) is 0 Å². The summed E-state index contributed by atoms with van der Waals surface area (Å²) in [5.41, 5.74) is 7.02. The van der Waals surface area contributed by atoms with Crippen molar-refractivity contribution >= 4 is 35.8 Å². The summed E-state index contributed by atoms with van der Waals surface area (Å²) in [6.07, 6.45) is 0. The van der Waals surface area contributed by atoms with Gasteiger partial charge in [-0.1, -0.05) is 6.07 Å². The SMILES string of the molecule is CC1CSCCN1C(=O)c1cccc(N)c1.Cl. The van der Waals surface area contributed by atoms with Crippen molar-refractivity contribution in [1.82, 2.24) is 4.90 Å². The molecule has 3 nitrogen and oxygen atoms in total. The first-order chi connectivity index (χ1) is 7.68. The van der Waals surface area contributed by atoms with E-state index in [0.29, 0.717) is 17.3 Å². The maximum Gasteiger partial charge on any atom is 0.254 e. The van der Waals surface area contributed by atoms with Crippen molar-refractivity contribution in [3.8, 4) is 0 Å². The number of halogens is 1. The third kappa shape index (κ3) is 3.30. The lowest BCUT2D eigenvalue weighted by atomic mass is 10.1. The van der Waals surface area contributed by atoms with Gasteiger partial charge in [0, 0.05) is 35.3 Å². The number of hydrogen-bond acceptors (Lipinski definition) is 3. The second-order valence-electron chi connectivity index (χ2n) is 4.05. The third-order valence-corrected chi connectivity index (χ3v) is 3.95. The molecule has 94 valence electrons. The van der Waals surface area contributed by atoms with Gasteiger partial charge < -0.3 is 10.6 Å². The first-order valence-electron chi connectivity index (χ1n) is 5.43. The average molecular weight is 273 g/mol. The second kappa shape index (κ2) is 6.17. The molecule has 2 rings (SSSR count). The smallest absolute Gasteiger partial charge is 0.254 e. The number of nitrogens with zero attached hydrogens (tertiary/aromatic N) is 1. The summed E-state index contributed by atoms with van der Waals surface area (Å²) < 4.78 is 0. The molecule has 0 radical (unpaired) electrons. The monoisotopic (exact) mass is 272 g/mol. The number of amides is 1. The van der Waals surface area contributed by atoms with E-state index >= 15 is 0 Å². The van der Waals surface area contributed by atoms with Gasteiger partial charge in [-0.15, -0.1) is 12.4 Å². The zero-order chi connectivity index (χ0) is 11.5. The van der Waals surface area contributed by atoms with Crippen LogP contribution in [0.4, 0.5) is 5.69 Å². The van der Waals surface area contributed by atoms with Crippen LogP contribution in [0.25, 0.3) is 0 Å². The Morgan fingerprint density at radius 2 is 2.29 bits per heavy atom. The predicted octanol–water partition coefficient (Wildman–Crippen LogP) is 2.27. The Morgan fingerprint density at radius 3 is 2.94 bits per heavy atom. The number of rotatable bonds is 1. The molecule has 17 heavy (non-hydrogen) atoms. The minimum atomic E-state index is 0. The average Bonchev–Trinajstić information content (AvgIpc) is 2.29. The maximum absolute atomic E-state index is 12.2. The van der Waals surface area contributed by atoms with E-state index < -0.39 is 0 Å². The Labute approximate surface area is 112 Å². The minimum absolute atomic E-state index is 0. The molecule has 0 saturated carbocycles. The summed E-state index contributed by atoms with van der Waals surface area (Å²) in [5, 5.41) is 0. The van der Waals surface area contributed by atoms with E-state index in [9.17, 15) is 4.79 Å². The normalized spacial score (nSPS) is 19.6. The van der Waals surface area contributed by atoms with Crippen LogP contribution in [0.15, 0.2) is 24.3 Å². The fraction of sp³-hybridized carbons (Fsp3) is 0.417. The Hall–Kier alpha value is -0.870. The predicted molar refractivity (Wildman–Crippen MR) is 75.9 cm³/mol. The highest BCUT2D eigenvalue weighted by Gasteiger charge is 2.24. The molecule has 0 aromatic heterocycles. The van der Waals surface area contributed by atoms with E-state index in [1.54, 1.807) is 12.1 Å². The molecule has 1 aromatic rings. The quantitative estimate of drug-likeness (QED) is 0.798. The van der Waals surface area contributed by atoms with Gasteiger partial charge in [-0.3, -0.25) is 4.79 Å². The van der Waals surface area contributed by atoms with Gasteiger partial charge in [0.1, 0.15) is 0 Å². The van der Waals surface area contributed by atoms with Crippen molar-refractivity contribution in [2.75, 3.05) is 23.8 Å². The van der Waals surface area contributed by atoms with Crippen LogP contribution in [0.2, 0.25) is 0 Å². The first-order valence-corrected chi connectivity index (χ1v) is 6.58. The number of nitrogen functional groups attached to an aromatic ring is 1. The van der Waals surface area contributed by atoms with Crippen LogP contribution in [-0.4, -0.2) is 34.9 Å². The lowest BCUT2D eigenvalue weighted by Crippen LogP contribution is -2.44. The molecule has 1 saturated heterocycles. The van der Waals surface area contributed by atoms with Gasteiger partial charge in [-0.2, -0.15) is 11.8 Å². The summed E-state index contributed by atoms with van der Waals surface area (Å²) in [6.45, 7) is 2.93. The van der Waals surface area contributed by atoms with Crippen molar-refractivity contribution in [1.29, 1.82) is 0 Å². The number of thioether (sulfide) groups is 1. The lowest BCUT2D eigenvalue weighted by Gasteiger charge is -2.33. The molecule has 0 aliphatic carbocycles. The fourth-order valence-electron chi connectivity index (χ4n) is 1.87. The van der Waals surface area contributed by atoms with Crippen LogP contribution in [-0.2, 0) is 0 Å². The molecule has 1 aromatic carbocycles. The number of nitrogens with two attached hydrogens (primary N) is 1. The van der Waals surface area contributed by atoms with Crippen LogP contribution >= 0.6 is 24.2 Å². The largest absolute Gasteiger partial charge is 0.399 e. The van der Waals surface area contributed by atoms with Crippen molar-refractivity contribution in [3.05, 3.63) is 29.8 Å². The van der Waals surface area contributed by atoms with E-state index in [-0.39, 0.29) is 18.3 Å². The molecule has 1 amide bonds. The molecule has 2 N–H and O–H groups in total. The van der Waals surface area contributed by atoms with Crippen molar-refractivity contribution in [2.45, 2.75) is 13.0 Å². The fourth-order valence-corrected chi connectivity index (χ4v) is 2.88. The van der Waals surface area contributed by atoms with Crippen LogP contribution < -0.4 is 5.73 Å². The highest BCUT2D eigenvalue weighted by atomic mass is 35.5. The summed E-state index contributed by atoms with van der Waals surface area (Å²) in [5.74, 6) is 2.15. The molecule has 1 fully saturated rings. The van der Waals surface area contributed by atoms with Gasteiger partial charge in [0.25, 0.3) is 5.91 Å². The number of carbonyl (C=O) groups is 1. The third-order valence-electron chi connectivity index (χ3n) is 2.76. The van der Waals surface area contributed by atoms with E-state index in [4.69, 9.17) is 5.73 Å². The zero-order valence-corrected chi connectivity index (χ0v) is 11.4. The number of benzene rings is 1. The summed E-state index contributed by atoms with van der Waals surface area (Å²) in [7, 11) is 0. The van der Waals surface area contributed by atoms with Crippen LogP contribution in [0.5, 0.6) is 0 Å². The molecule has 1 atom stereocenters. The molecule has 1 aliphatic rings. The molecule has 0 bridgehead atoms. The Kier molecular flexibility index (Phi) is 5.15. The van der Waals surface area contributed by atoms with Crippen molar-refractivity contribution in [2.24, 2.45) is 0 Å². The van der Waals surface area contributed by atoms with Gasteiger partial charge in [-0.25, -0.2) is 0 Å². The minimum Gasteiger partial charge on any atom is -0.399 e. The number of hydrogen-bond donors (Lipinski definition) is 1. The Balaban J connectivity index is 0.00000144. The number of anilines is 1. The van der Waals surface area contributed by atoms with Gasteiger partial charge in [0.05, 0.1) is 0 Å².